The summed E-state index contributed by atoms with van der Waals surface area (Å²) >= 11 is 0. The van der Waals surface area contributed by atoms with E-state index in [4.69, 9.17) is 0 Å². The number of aromatic carboxylic acids is 1. The maximum absolute atomic E-state index is 14.1. The fourth-order valence-corrected chi connectivity index (χ4v) is 3.10. The van der Waals surface area contributed by atoms with Crippen LogP contribution in [0, 0.1) is 12.7 Å². The van der Waals surface area contributed by atoms with Crippen LogP contribution in [0.15, 0.2) is 23.0 Å². The zero-order valence-electron chi connectivity index (χ0n) is 12.9. The number of nitrogens with one attached hydrogen (secondary N) is 1. The van der Waals surface area contributed by atoms with Gasteiger partial charge in [0, 0.05) is 12.6 Å². The van der Waals surface area contributed by atoms with Crippen molar-refractivity contribution in [3.63, 3.8) is 0 Å². The van der Waals surface area contributed by atoms with E-state index in [1.54, 1.807) is 13.0 Å². The van der Waals surface area contributed by atoms with Crippen LogP contribution in [0.4, 0.5) is 15.9 Å². The summed E-state index contributed by atoms with van der Waals surface area (Å²) in [5, 5.41) is 12.4. The van der Waals surface area contributed by atoms with Gasteiger partial charge in [0.2, 0.25) is 0 Å². The van der Waals surface area contributed by atoms with E-state index in [1.165, 1.54) is 23.7 Å². The molecule has 1 aromatic carbocycles. The van der Waals surface area contributed by atoms with Gasteiger partial charge >= 0.3 is 5.97 Å². The Hall–Kier alpha value is -2.63. The molecule has 0 atom stereocenters. The van der Waals surface area contributed by atoms with Gasteiger partial charge in [-0.1, -0.05) is 6.07 Å². The third kappa shape index (κ3) is 2.50. The molecule has 0 spiro atoms. The molecule has 5 nitrogen and oxygen atoms in total. The maximum Gasteiger partial charge on any atom is 0.339 e. The zero-order valence-corrected chi connectivity index (χ0v) is 12.9. The first-order chi connectivity index (χ1) is 10.9. The lowest BCUT2D eigenvalue weighted by Gasteiger charge is -2.18. The van der Waals surface area contributed by atoms with Crippen molar-refractivity contribution in [2.24, 2.45) is 7.05 Å². The summed E-state index contributed by atoms with van der Waals surface area (Å²) in [5.41, 5.74) is 1.85. The minimum absolute atomic E-state index is 0.0552. The number of aryl methyl sites for hydroxylation is 1. The summed E-state index contributed by atoms with van der Waals surface area (Å²) in [5.74, 6) is -1.49. The van der Waals surface area contributed by atoms with Crippen molar-refractivity contribution in [2.75, 3.05) is 5.32 Å². The number of carbonyl (C=O) groups is 1. The number of carboxylic acids is 1. The normalized spacial score (nSPS) is 13.0. The highest BCUT2D eigenvalue weighted by Crippen LogP contribution is 2.30. The number of halogens is 1. The average molecular weight is 316 g/mol. The largest absolute Gasteiger partial charge is 0.478 e. The number of fused-ring (bicyclic) bond motifs is 1. The second-order valence-electron chi connectivity index (χ2n) is 5.81. The Kier molecular flexibility index (Phi) is 3.67. The van der Waals surface area contributed by atoms with Gasteiger partial charge in [-0.25, -0.2) is 9.18 Å². The molecule has 23 heavy (non-hydrogen) atoms. The van der Waals surface area contributed by atoms with Crippen LogP contribution in [0.5, 0.6) is 0 Å². The van der Waals surface area contributed by atoms with Crippen molar-refractivity contribution in [1.82, 2.24) is 4.57 Å². The molecule has 0 saturated carbocycles. The van der Waals surface area contributed by atoms with Gasteiger partial charge in [0.25, 0.3) is 5.56 Å². The van der Waals surface area contributed by atoms with Gasteiger partial charge < -0.3 is 10.4 Å². The predicted molar refractivity (Wildman–Crippen MR) is 85.1 cm³/mol. The molecule has 0 bridgehead atoms. The first-order valence-corrected chi connectivity index (χ1v) is 7.41. The van der Waals surface area contributed by atoms with Gasteiger partial charge in [0.1, 0.15) is 17.2 Å². The average Bonchev–Trinajstić information content (AvgIpc) is 2.96. The topological polar surface area (TPSA) is 71.3 Å². The first-order valence-electron chi connectivity index (χ1n) is 7.41. The first kappa shape index (κ1) is 15.3. The molecule has 1 aliphatic carbocycles. The van der Waals surface area contributed by atoms with E-state index in [9.17, 15) is 19.1 Å². The third-order valence-corrected chi connectivity index (χ3v) is 4.25. The number of benzene rings is 1. The molecule has 6 heteroatoms. The van der Waals surface area contributed by atoms with E-state index in [0.29, 0.717) is 24.0 Å². The summed E-state index contributed by atoms with van der Waals surface area (Å²) in [7, 11) is 1.50. The minimum Gasteiger partial charge on any atom is -0.478 e. The highest BCUT2D eigenvalue weighted by atomic mass is 19.1. The molecule has 0 radical (unpaired) electrons. The van der Waals surface area contributed by atoms with E-state index in [0.717, 1.165) is 12.0 Å². The smallest absolute Gasteiger partial charge is 0.339 e. The van der Waals surface area contributed by atoms with Gasteiger partial charge in [-0.3, -0.25) is 9.36 Å². The van der Waals surface area contributed by atoms with Crippen LogP contribution < -0.4 is 10.9 Å². The summed E-state index contributed by atoms with van der Waals surface area (Å²) in [4.78, 5) is 24.1. The van der Waals surface area contributed by atoms with Crippen molar-refractivity contribution in [1.29, 1.82) is 0 Å². The number of hydrogen-bond donors (Lipinski definition) is 2. The van der Waals surface area contributed by atoms with Gasteiger partial charge in [0.15, 0.2) is 0 Å². The van der Waals surface area contributed by atoms with Gasteiger partial charge in [-0.2, -0.15) is 0 Å². The fourth-order valence-electron chi connectivity index (χ4n) is 3.10. The lowest BCUT2D eigenvalue weighted by Crippen LogP contribution is -2.27. The van der Waals surface area contributed by atoms with Gasteiger partial charge in [0.05, 0.1) is 5.69 Å². The van der Waals surface area contributed by atoms with Crippen LogP contribution in [0.25, 0.3) is 0 Å². The Morgan fingerprint density at radius 3 is 2.65 bits per heavy atom. The number of rotatable bonds is 3. The monoisotopic (exact) mass is 316 g/mol. The Morgan fingerprint density at radius 2 is 2.00 bits per heavy atom. The van der Waals surface area contributed by atoms with Gasteiger partial charge in [-0.05, 0) is 49.4 Å². The van der Waals surface area contributed by atoms with Crippen LogP contribution in [0.1, 0.15) is 33.5 Å². The van der Waals surface area contributed by atoms with Crippen molar-refractivity contribution in [3.05, 3.63) is 56.6 Å². The number of pyridine rings is 1. The van der Waals surface area contributed by atoms with E-state index >= 15 is 0 Å². The van der Waals surface area contributed by atoms with E-state index in [1.807, 2.05) is 0 Å². The molecule has 0 fully saturated rings. The number of carboxylic acid groups (broad SMARTS) is 1. The van der Waals surface area contributed by atoms with E-state index < -0.39 is 11.8 Å². The minimum atomic E-state index is -1.12. The molecular formula is C17H17FN2O3. The molecule has 2 aromatic rings. The van der Waals surface area contributed by atoms with Crippen LogP contribution in [-0.2, 0) is 19.9 Å². The standard InChI is InChI=1S/C17H17FN2O3/c1-9-6-7-13(12(18)8-9)19-15-14(17(22)23)10-4-3-5-11(10)16(21)20(15)2/h6-8,19H,3-5H2,1-2H3,(H,22,23). The highest BCUT2D eigenvalue weighted by molar-refractivity contribution is 5.96. The third-order valence-electron chi connectivity index (χ3n) is 4.25. The Morgan fingerprint density at radius 1 is 1.30 bits per heavy atom. The second kappa shape index (κ2) is 5.53. The molecule has 0 aliphatic heterocycles. The molecule has 1 aliphatic rings. The van der Waals surface area contributed by atoms with Crippen molar-refractivity contribution in [3.8, 4) is 0 Å². The molecule has 120 valence electrons. The molecule has 1 aromatic heterocycles. The summed E-state index contributed by atoms with van der Waals surface area (Å²) in [6, 6.07) is 4.61. The molecule has 2 N–H and O–H groups in total. The Bertz CT molecular complexity index is 871. The predicted octanol–water partition coefficient (Wildman–Crippen LogP) is 2.76. The van der Waals surface area contributed by atoms with E-state index in [2.05, 4.69) is 5.32 Å². The SMILES string of the molecule is Cc1ccc(Nc2c(C(=O)O)c3c(c(=O)n2C)CCC3)c(F)c1. The second-order valence-corrected chi connectivity index (χ2v) is 5.81. The van der Waals surface area contributed by atoms with Crippen LogP contribution in [0.3, 0.4) is 0 Å². The fraction of sp³-hybridized carbons (Fsp3) is 0.294. The van der Waals surface area contributed by atoms with E-state index in [-0.39, 0.29) is 22.6 Å². The molecule has 1 heterocycles. The van der Waals surface area contributed by atoms with Crippen molar-refractivity contribution < 1.29 is 14.3 Å². The Balaban J connectivity index is 2.21. The summed E-state index contributed by atoms with van der Waals surface area (Å²) in [6.45, 7) is 1.76. The summed E-state index contributed by atoms with van der Waals surface area (Å²) < 4.78 is 15.3. The van der Waals surface area contributed by atoms with Crippen LogP contribution in [-0.4, -0.2) is 15.6 Å². The lowest BCUT2D eigenvalue weighted by atomic mass is 10.0. The Labute approximate surface area is 132 Å². The molecule has 0 unspecified atom stereocenters. The quantitative estimate of drug-likeness (QED) is 0.913. The number of anilines is 2. The van der Waals surface area contributed by atoms with Crippen molar-refractivity contribution in [2.45, 2.75) is 26.2 Å². The number of hydrogen-bond acceptors (Lipinski definition) is 3. The summed E-state index contributed by atoms with van der Waals surface area (Å²) in [6.07, 6.45) is 1.90. The zero-order chi connectivity index (χ0) is 16.7. The van der Waals surface area contributed by atoms with Crippen LogP contribution in [0.2, 0.25) is 0 Å². The van der Waals surface area contributed by atoms with Crippen LogP contribution >= 0.6 is 0 Å². The highest BCUT2D eigenvalue weighted by Gasteiger charge is 2.27. The molecular weight excluding hydrogens is 299 g/mol. The molecule has 0 amide bonds. The maximum atomic E-state index is 14.1. The molecule has 0 saturated heterocycles. The number of aromatic nitrogens is 1. The molecule has 3 rings (SSSR count). The lowest BCUT2D eigenvalue weighted by molar-refractivity contribution is 0.0696. The van der Waals surface area contributed by atoms with Gasteiger partial charge in [-0.15, -0.1) is 0 Å². The van der Waals surface area contributed by atoms with Crippen molar-refractivity contribution >= 4 is 17.5 Å². The number of nitrogens with zero attached hydrogens (tertiary/aromatic N) is 1.